The van der Waals surface area contributed by atoms with E-state index in [9.17, 15) is 0 Å². The zero-order valence-corrected chi connectivity index (χ0v) is 19.4. The minimum absolute atomic E-state index is 0. The second-order valence-electron chi connectivity index (χ2n) is 7.47. The first-order chi connectivity index (χ1) is 12.6. The molecule has 0 atom stereocenters. The van der Waals surface area contributed by atoms with Crippen LogP contribution in [0.5, 0.6) is 0 Å². The van der Waals surface area contributed by atoms with Gasteiger partial charge in [-0.05, 0) is 43.4 Å². The van der Waals surface area contributed by atoms with Crippen LogP contribution >= 0.6 is 35.6 Å². The number of hydrogen-bond donors (Lipinski definition) is 2. The molecule has 1 aliphatic heterocycles. The normalized spacial score (nSPS) is 20.0. The number of piperidine rings is 1. The highest BCUT2D eigenvalue weighted by Crippen LogP contribution is 2.48. The molecule has 7 heteroatoms. The molecule has 0 radical (unpaired) electrons. The van der Waals surface area contributed by atoms with Gasteiger partial charge >= 0.3 is 0 Å². The summed E-state index contributed by atoms with van der Waals surface area (Å²) in [6.07, 6.45) is 4.69. The van der Waals surface area contributed by atoms with Crippen LogP contribution < -0.4 is 10.6 Å². The molecule has 0 unspecified atom stereocenters. The fourth-order valence-electron chi connectivity index (χ4n) is 3.70. The predicted octanol–water partition coefficient (Wildman–Crippen LogP) is 3.27. The lowest BCUT2D eigenvalue weighted by Crippen LogP contribution is -2.50. The van der Waals surface area contributed by atoms with Gasteiger partial charge in [-0.1, -0.05) is 23.7 Å². The van der Waals surface area contributed by atoms with Crippen molar-refractivity contribution in [3.8, 4) is 0 Å². The standard InChI is InChI=1S/C20H31ClN4O.HI/c1-22-19(24-18-6-10-25(11-7-18)12-13-26-2)23-15-20(8-9-20)16-4-3-5-17(21)14-16;/h3-5,14,18H,6-13,15H2,1-2H3,(H2,22,23,24);1H. The second-order valence-corrected chi connectivity index (χ2v) is 7.91. The van der Waals surface area contributed by atoms with Gasteiger partial charge in [-0.3, -0.25) is 4.99 Å². The molecule has 1 heterocycles. The molecule has 0 amide bonds. The van der Waals surface area contributed by atoms with E-state index in [2.05, 4.69) is 32.7 Å². The molecule has 2 aliphatic rings. The Kier molecular flexibility index (Phi) is 9.11. The van der Waals surface area contributed by atoms with Crippen molar-refractivity contribution >= 4 is 41.5 Å². The van der Waals surface area contributed by atoms with Gasteiger partial charge < -0.3 is 20.3 Å². The number of ether oxygens (including phenoxy) is 1. The van der Waals surface area contributed by atoms with Crippen LogP contribution in [0.15, 0.2) is 29.3 Å². The van der Waals surface area contributed by atoms with Gasteiger partial charge in [0, 0.05) is 56.8 Å². The Balaban J connectivity index is 0.00000261. The molecule has 2 fully saturated rings. The van der Waals surface area contributed by atoms with Crippen LogP contribution in [-0.2, 0) is 10.2 Å². The number of hydrogen-bond acceptors (Lipinski definition) is 3. The fourth-order valence-corrected chi connectivity index (χ4v) is 3.89. The number of nitrogens with one attached hydrogen (secondary N) is 2. The largest absolute Gasteiger partial charge is 0.383 e. The first-order valence-corrected chi connectivity index (χ1v) is 9.97. The van der Waals surface area contributed by atoms with E-state index < -0.39 is 0 Å². The summed E-state index contributed by atoms with van der Waals surface area (Å²) >= 11 is 6.17. The third-order valence-electron chi connectivity index (χ3n) is 5.65. The topological polar surface area (TPSA) is 48.9 Å². The third-order valence-corrected chi connectivity index (χ3v) is 5.88. The maximum Gasteiger partial charge on any atom is 0.191 e. The minimum atomic E-state index is 0. The molecule has 1 aromatic rings. The van der Waals surface area contributed by atoms with Crippen LogP contribution in [0.3, 0.4) is 0 Å². The highest BCUT2D eigenvalue weighted by Gasteiger charge is 2.44. The molecular formula is C20H32ClIN4O. The number of nitrogens with zero attached hydrogens (tertiary/aromatic N) is 2. The summed E-state index contributed by atoms with van der Waals surface area (Å²) in [5, 5.41) is 7.96. The van der Waals surface area contributed by atoms with Crippen molar-refractivity contribution in [3.63, 3.8) is 0 Å². The van der Waals surface area contributed by atoms with Crippen molar-refractivity contribution in [3.05, 3.63) is 34.9 Å². The van der Waals surface area contributed by atoms with E-state index in [1.54, 1.807) is 7.11 Å². The number of benzene rings is 1. The van der Waals surface area contributed by atoms with E-state index in [1.165, 1.54) is 18.4 Å². The summed E-state index contributed by atoms with van der Waals surface area (Å²) in [7, 11) is 3.61. The van der Waals surface area contributed by atoms with Crippen molar-refractivity contribution in [2.45, 2.75) is 37.1 Å². The first kappa shape index (κ1) is 22.7. The second kappa shape index (κ2) is 10.8. The van der Waals surface area contributed by atoms with E-state index in [0.717, 1.165) is 56.6 Å². The van der Waals surface area contributed by atoms with E-state index in [1.807, 2.05) is 19.2 Å². The maximum atomic E-state index is 6.17. The van der Waals surface area contributed by atoms with Gasteiger partial charge in [0.05, 0.1) is 6.61 Å². The number of aliphatic imine (C=N–C) groups is 1. The molecule has 2 N–H and O–H groups in total. The van der Waals surface area contributed by atoms with Gasteiger partial charge in [0.1, 0.15) is 0 Å². The highest BCUT2D eigenvalue weighted by atomic mass is 127. The Hall–Kier alpha value is -0.570. The Bertz CT molecular complexity index is 616. The molecule has 152 valence electrons. The fraction of sp³-hybridized carbons (Fsp3) is 0.650. The van der Waals surface area contributed by atoms with Crippen LogP contribution in [-0.4, -0.2) is 63.8 Å². The quantitative estimate of drug-likeness (QED) is 0.339. The smallest absolute Gasteiger partial charge is 0.191 e. The van der Waals surface area contributed by atoms with E-state index in [-0.39, 0.29) is 29.4 Å². The predicted molar refractivity (Wildman–Crippen MR) is 124 cm³/mol. The van der Waals surface area contributed by atoms with Gasteiger partial charge in [-0.25, -0.2) is 0 Å². The van der Waals surface area contributed by atoms with Gasteiger partial charge in [-0.15, -0.1) is 24.0 Å². The Morgan fingerprint density at radius 1 is 1.33 bits per heavy atom. The Morgan fingerprint density at radius 3 is 2.67 bits per heavy atom. The van der Waals surface area contributed by atoms with Crippen molar-refractivity contribution in [2.24, 2.45) is 4.99 Å². The zero-order chi connectivity index (χ0) is 18.4. The van der Waals surface area contributed by atoms with E-state index >= 15 is 0 Å². The molecule has 0 bridgehead atoms. The number of likely N-dealkylation sites (tertiary alicyclic amines) is 1. The summed E-state index contributed by atoms with van der Waals surface area (Å²) in [5.74, 6) is 0.911. The SMILES string of the molecule is CN=C(NCC1(c2cccc(Cl)c2)CC1)NC1CCN(CCOC)CC1.I. The zero-order valence-electron chi connectivity index (χ0n) is 16.3. The summed E-state index contributed by atoms with van der Waals surface area (Å²) in [6.45, 7) is 4.97. The lowest BCUT2D eigenvalue weighted by Gasteiger charge is -2.33. The summed E-state index contributed by atoms with van der Waals surface area (Å²) in [6, 6.07) is 8.76. The molecule has 27 heavy (non-hydrogen) atoms. The molecule has 1 saturated heterocycles. The molecule has 0 aromatic heterocycles. The van der Waals surface area contributed by atoms with Crippen LogP contribution in [0.25, 0.3) is 0 Å². The van der Waals surface area contributed by atoms with Gasteiger partial charge in [-0.2, -0.15) is 0 Å². The number of halogens is 2. The van der Waals surface area contributed by atoms with Crippen LogP contribution in [0, 0.1) is 0 Å². The summed E-state index contributed by atoms with van der Waals surface area (Å²) in [4.78, 5) is 6.90. The van der Waals surface area contributed by atoms with Crippen LogP contribution in [0.1, 0.15) is 31.2 Å². The average Bonchev–Trinajstić information content (AvgIpc) is 3.45. The summed E-state index contributed by atoms with van der Waals surface area (Å²) < 4.78 is 5.17. The van der Waals surface area contributed by atoms with Crippen LogP contribution in [0.2, 0.25) is 5.02 Å². The maximum absolute atomic E-state index is 6.17. The molecule has 1 saturated carbocycles. The highest BCUT2D eigenvalue weighted by molar-refractivity contribution is 14.0. The molecule has 3 rings (SSSR count). The monoisotopic (exact) mass is 506 g/mol. The van der Waals surface area contributed by atoms with Crippen molar-refractivity contribution < 1.29 is 4.74 Å². The molecular weight excluding hydrogens is 475 g/mol. The molecule has 1 aromatic carbocycles. The van der Waals surface area contributed by atoms with E-state index in [0.29, 0.717) is 6.04 Å². The average molecular weight is 507 g/mol. The van der Waals surface area contributed by atoms with E-state index in [4.69, 9.17) is 16.3 Å². The summed E-state index contributed by atoms with van der Waals surface area (Å²) in [5.41, 5.74) is 1.55. The molecule has 5 nitrogen and oxygen atoms in total. The van der Waals surface area contributed by atoms with Gasteiger partial charge in [0.15, 0.2) is 5.96 Å². The number of rotatable bonds is 7. The lowest BCUT2D eigenvalue weighted by atomic mass is 9.96. The Labute approximate surface area is 185 Å². The van der Waals surface area contributed by atoms with Crippen LogP contribution in [0.4, 0.5) is 0 Å². The number of methoxy groups -OCH3 is 1. The lowest BCUT2D eigenvalue weighted by molar-refractivity contribution is 0.128. The number of guanidine groups is 1. The first-order valence-electron chi connectivity index (χ1n) is 9.60. The minimum Gasteiger partial charge on any atom is -0.383 e. The van der Waals surface area contributed by atoms with Crippen molar-refractivity contribution in [2.75, 3.05) is 46.9 Å². The van der Waals surface area contributed by atoms with Crippen molar-refractivity contribution in [1.82, 2.24) is 15.5 Å². The molecule has 1 aliphatic carbocycles. The molecule has 0 spiro atoms. The Morgan fingerprint density at radius 2 is 2.07 bits per heavy atom. The van der Waals surface area contributed by atoms with Crippen molar-refractivity contribution in [1.29, 1.82) is 0 Å². The van der Waals surface area contributed by atoms with Gasteiger partial charge in [0.2, 0.25) is 0 Å². The third kappa shape index (κ3) is 6.48. The van der Waals surface area contributed by atoms with Gasteiger partial charge in [0.25, 0.3) is 0 Å².